The Balaban J connectivity index is 1.52. The lowest BCUT2D eigenvalue weighted by molar-refractivity contribution is -0.148. The van der Waals surface area contributed by atoms with Crippen molar-refractivity contribution in [1.82, 2.24) is 0 Å². The normalized spacial score (nSPS) is 59.4. The topological polar surface area (TPSA) is 40.5 Å². The Bertz CT molecular complexity index is 404. The minimum atomic E-state index is -0.394. The first-order chi connectivity index (χ1) is 10.00. The molecule has 0 heterocycles. The smallest absolute Gasteiger partial charge is 0.0622 e. The lowest BCUT2D eigenvalue weighted by Gasteiger charge is -2.62. The molecule has 0 aromatic carbocycles. The first kappa shape index (κ1) is 14.5. The van der Waals surface area contributed by atoms with Gasteiger partial charge >= 0.3 is 0 Å². The summed E-state index contributed by atoms with van der Waals surface area (Å²) in [6.07, 6.45) is 8.75. The lowest BCUT2D eigenvalue weighted by atomic mass is 9.44. The van der Waals surface area contributed by atoms with Crippen LogP contribution in [0.25, 0.3) is 0 Å². The molecule has 4 aliphatic carbocycles. The van der Waals surface area contributed by atoms with E-state index >= 15 is 0 Å². The van der Waals surface area contributed by atoms with Crippen LogP contribution in [0, 0.1) is 47.3 Å². The Hall–Kier alpha value is -0.0800. The summed E-state index contributed by atoms with van der Waals surface area (Å²) in [5.41, 5.74) is -0.394. The molecule has 0 aliphatic heterocycles. The van der Waals surface area contributed by atoms with Gasteiger partial charge in [-0.25, -0.2) is 0 Å². The fourth-order valence-corrected chi connectivity index (χ4v) is 7.18. The molecule has 0 spiro atoms. The van der Waals surface area contributed by atoms with Crippen LogP contribution >= 0.6 is 0 Å². The molecule has 0 amide bonds. The predicted octanol–water partition coefficient (Wildman–Crippen LogP) is 3.46. The van der Waals surface area contributed by atoms with Crippen molar-refractivity contribution in [1.29, 1.82) is 0 Å². The molecule has 2 nitrogen and oxygen atoms in total. The van der Waals surface area contributed by atoms with Crippen LogP contribution in [0.5, 0.6) is 0 Å². The van der Waals surface area contributed by atoms with Crippen LogP contribution in [-0.2, 0) is 0 Å². The van der Waals surface area contributed by atoms with Crippen LogP contribution in [0.3, 0.4) is 0 Å². The van der Waals surface area contributed by atoms with Gasteiger partial charge in [-0.05, 0) is 99.2 Å². The Labute approximate surface area is 129 Å². The molecule has 9 atom stereocenters. The molecule has 4 saturated carbocycles. The maximum absolute atomic E-state index is 10.4. The van der Waals surface area contributed by atoms with E-state index in [0.717, 1.165) is 54.3 Å². The zero-order valence-corrected chi connectivity index (χ0v) is 13.7. The SMILES string of the molecule is C[C@@H]1C[C@H]2[C@@H](CC[C@@H]3C[C@](C)(O)CC[C@@H]32)[C@@H]2C[C@@H](CO)[C@H]21. The third-order valence-electron chi connectivity index (χ3n) is 7.99. The second-order valence-corrected chi connectivity index (χ2v) is 9.20. The van der Waals surface area contributed by atoms with Crippen molar-refractivity contribution in [2.75, 3.05) is 6.61 Å². The monoisotopic (exact) mass is 292 g/mol. The van der Waals surface area contributed by atoms with Gasteiger partial charge in [-0.3, -0.25) is 0 Å². The molecule has 0 bridgehead atoms. The van der Waals surface area contributed by atoms with E-state index < -0.39 is 5.60 Å². The molecule has 0 unspecified atom stereocenters. The lowest BCUT2D eigenvalue weighted by Crippen LogP contribution is -2.56. The standard InChI is InChI=1S/C19H32O2/c1-11-7-16-14-5-6-19(2,21)9-12(14)3-4-15(16)17-8-13(10-20)18(11)17/h11-18,20-21H,3-10H2,1-2H3/t11-,12-,13+,14+,15-,16-,17+,18-,19-/m1/s1. The number of fused-ring (bicyclic) bond motifs is 5. The molecule has 120 valence electrons. The highest BCUT2D eigenvalue weighted by molar-refractivity contribution is 5.05. The highest BCUT2D eigenvalue weighted by atomic mass is 16.3. The molecule has 0 aromatic rings. The highest BCUT2D eigenvalue weighted by Crippen LogP contribution is 2.63. The van der Waals surface area contributed by atoms with Crippen molar-refractivity contribution in [3.8, 4) is 0 Å². The van der Waals surface area contributed by atoms with Crippen LogP contribution in [0.15, 0.2) is 0 Å². The zero-order chi connectivity index (χ0) is 14.8. The predicted molar refractivity (Wildman–Crippen MR) is 83.6 cm³/mol. The van der Waals surface area contributed by atoms with Gasteiger partial charge in [-0.1, -0.05) is 6.92 Å². The summed E-state index contributed by atoms with van der Waals surface area (Å²) in [4.78, 5) is 0. The molecule has 4 fully saturated rings. The molecule has 4 rings (SSSR count). The Morgan fingerprint density at radius 1 is 1.00 bits per heavy atom. The highest BCUT2D eigenvalue weighted by Gasteiger charge is 2.56. The summed E-state index contributed by atoms with van der Waals surface area (Å²) in [6.45, 7) is 4.91. The zero-order valence-electron chi connectivity index (χ0n) is 13.7. The van der Waals surface area contributed by atoms with Crippen LogP contribution in [0.1, 0.15) is 58.8 Å². The number of rotatable bonds is 1. The van der Waals surface area contributed by atoms with Gasteiger partial charge in [0, 0.05) is 6.61 Å². The van der Waals surface area contributed by atoms with Gasteiger partial charge in [0.2, 0.25) is 0 Å². The van der Waals surface area contributed by atoms with Gasteiger partial charge in [-0.2, -0.15) is 0 Å². The van der Waals surface area contributed by atoms with Crippen molar-refractivity contribution in [2.45, 2.75) is 64.4 Å². The van der Waals surface area contributed by atoms with Gasteiger partial charge in [0.15, 0.2) is 0 Å². The molecular weight excluding hydrogens is 260 g/mol. The third-order valence-corrected chi connectivity index (χ3v) is 7.99. The van der Waals surface area contributed by atoms with E-state index in [1.54, 1.807) is 0 Å². The first-order valence-corrected chi connectivity index (χ1v) is 9.33. The van der Waals surface area contributed by atoms with Gasteiger partial charge < -0.3 is 10.2 Å². The summed E-state index contributed by atoms with van der Waals surface area (Å²) < 4.78 is 0. The van der Waals surface area contributed by atoms with Crippen LogP contribution in [0.2, 0.25) is 0 Å². The Morgan fingerprint density at radius 2 is 1.81 bits per heavy atom. The van der Waals surface area contributed by atoms with Crippen molar-refractivity contribution in [3.63, 3.8) is 0 Å². The summed E-state index contributed by atoms with van der Waals surface area (Å²) in [6, 6.07) is 0. The molecule has 4 aliphatic rings. The van der Waals surface area contributed by atoms with Gasteiger partial charge in [0.1, 0.15) is 0 Å². The Kier molecular flexibility index (Phi) is 3.43. The number of aliphatic hydroxyl groups is 2. The molecule has 2 heteroatoms. The summed E-state index contributed by atoms with van der Waals surface area (Å²) >= 11 is 0. The van der Waals surface area contributed by atoms with Crippen LogP contribution < -0.4 is 0 Å². The van der Waals surface area contributed by atoms with E-state index in [-0.39, 0.29) is 0 Å². The largest absolute Gasteiger partial charge is 0.396 e. The summed E-state index contributed by atoms with van der Waals surface area (Å²) in [7, 11) is 0. The van der Waals surface area contributed by atoms with Gasteiger partial charge in [0.05, 0.1) is 5.60 Å². The number of aliphatic hydroxyl groups excluding tert-OH is 1. The molecule has 0 radical (unpaired) electrons. The van der Waals surface area contributed by atoms with E-state index in [9.17, 15) is 10.2 Å². The first-order valence-electron chi connectivity index (χ1n) is 9.33. The summed E-state index contributed by atoms with van der Waals surface area (Å²) in [5, 5.41) is 20.0. The van der Waals surface area contributed by atoms with E-state index in [1.165, 1.54) is 32.1 Å². The van der Waals surface area contributed by atoms with Gasteiger partial charge in [0.25, 0.3) is 0 Å². The molecule has 0 aromatic heterocycles. The van der Waals surface area contributed by atoms with E-state index in [2.05, 4.69) is 6.92 Å². The average Bonchev–Trinajstić information content (AvgIpc) is 2.38. The van der Waals surface area contributed by atoms with Crippen molar-refractivity contribution in [3.05, 3.63) is 0 Å². The Morgan fingerprint density at radius 3 is 2.57 bits per heavy atom. The molecular formula is C19H32O2. The van der Waals surface area contributed by atoms with Crippen molar-refractivity contribution >= 4 is 0 Å². The molecule has 0 saturated heterocycles. The van der Waals surface area contributed by atoms with Crippen LogP contribution in [0.4, 0.5) is 0 Å². The maximum atomic E-state index is 10.4. The van der Waals surface area contributed by atoms with Gasteiger partial charge in [-0.15, -0.1) is 0 Å². The summed E-state index contributed by atoms with van der Waals surface area (Å²) in [5.74, 6) is 6.69. The molecule has 2 N–H and O–H groups in total. The minimum Gasteiger partial charge on any atom is -0.396 e. The van der Waals surface area contributed by atoms with Crippen LogP contribution in [-0.4, -0.2) is 22.4 Å². The quantitative estimate of drug-likeness (QED) is 0.777. The number of hydrogen-bond donors (Lipinski definition) is 2. The second-order valence-electron chi connectivity index (χ2n) is 9.20. The third kappa shape index (κ3) is 2.20. The maximum Gasteiger partial charge on any atom is 0.0622 e. The van der Waals surface area contributed by atoms with E-state index in [1.807, 2.05) is 6.92 Å². The fourth-order valence-electron chi connectivity index (χ4n) is 7.18. The second kappa shape index (κ2) is 4.96. The van der Waals surface area contributed by atoms with E-state index in [0.29, 0.717) is 12.5 Å². The fraction of sp³-hybridized carbons (Fsp3) is 1.00. The van der Waals surface area contributed by atoms with E-state index in [4.69, 9.17) is 0 Å². The number of hydrogen-bond acceptors (Lipinski definition) is 2. The van der Waals surface area contributed by atoms with Crippen molar-refractivity contribution in [2.24, 2.45) is 47.3 Å². The average molecular weight is 292 g/mol. The minimum absolute atomic E-state index is 0.394. The molecule has 21 heavy (non-hydrogen) atoms. The van der Waals surface area contributed by atoms with Crippen molar-refractivity contribution < 1.29 is 10.2 Å².